The zero-order chi connectivity index (χ0) is 7.98. The van der Waals surface area contributed by atoms with Crippen molar-refractivity contribution < 1.29 is 9.90 Å². The highest BCUT2D eigenvalue weighted by Gasteiger charge is 2.00. The van der Waals surface area contributed by atoms with E-state index in [0.29, 0.717) is 0 Å². The van der Waals surface area contributed by atoms with Crippen molar-refractivity contribution in [2.24, 2.45) is 5.11 Å². The second-order valence-corrected chi connectivity index (χ2v) is 1.78. The zero-order valence-electron chi connectivity index (χ0n) is 5.56. The molecule has 0 aliphatic heterocycles. The Morgan fingerprint density at radius 1 is 1.90 bits per heavy atom. The van der Waals surface area contributed by atoms with E-state index >= 15 is 0 Å². The van der Waals surface area contributed by atoms with Gasteiger partial charge in [0.1, 0.15) is 0 Å². The monoisotopic (exact) mass is 144 g/mol. The fourth-order valence-corrected chi connectivity index (χ4v) is 0.417. The first-order valence-corrected chi connectivity index (χ1v) is 2.58. The van der Waals surface area contributed by atoms with Crippen molar-refractivity contribution in [3.63, 3.8) is 0 Å². The van der Waals surface area contributed by atoms with Gasteiger partial charge < -0.3 is 5.11 Å². The summed E-state index contributed by atoms with van der Waals surface area (Å²) in [6.07, 6.45) is 0. The van der Waals surface area contributed by atoms with Gasteiger partial charge in [0.05, 0.1) is 13.2 Å². The number of hydrogen-bond donors (Lipinski definition) is 1. The lowest BCUT2D eigenvalue weighted by atomic mass is 10.6. The number of aliphatic carboxylic acids is 1. The molecule has 0 aromatic rings. The van der Waals surface area contributed by atoms with E-state index in [4.69, 9.17) is 10.6 Å². The summed E-state index contributed by atoms with van der Waals surface area (Å²) in [5.41, 5.74) is 7.83. The molecule has 6 nitrogen and oxygen atoms in total. The van der Waals surface area contributed by atoms with Crippen molar-refractivity contribution in [3.05, 3.63) is 10.4 Å². The third-order valence-electron chi connectivity index (χ3n) is 0.773. The molecule has 0 rings (SSSR count). The normalized spacial score (nSPS) is 9.00. The molecule has 0 aliphatic carbocycles. The molecule has 0 atom stereocenters. The molecule has 0 amide bonds. The molecule has 0 spiro atoms. The predicted molar refractivity (Wildman–Crippen MR) is 34.3 cm³/mol. The van der Waals surface area contributed by atoms with Crippen LogP contribution in [0, 0.1) is 0 Å². The van der Waals surface area contributed by atoms with Crippen LogP contribution < -0.4 is 0 Å². The minimum atomic E-state index is -0.935. The van der Waals surface area contributed by atoms with E-state index < -0.39 is 5.97 Å². The largest absolute Gasteiger partial charge is 0.480 e. The first-order chi connectivity index (χ1) is 4.66. The average Bonchev–Trinajstić information content (AvgIpc) is 1.82. The lowest BCUT2D eigenvalue weighted by Crippen LogP contribution is -2.25. The number of azide groups is 1. The fraction of sp³-hybridized carbons (Fsp3) is 0.750. The molecule has 0 saturated carbocycles. The summed E-state index contributed by atoms with van der Waals surface area (Å²) >= 11 is 0. The number of carbonyl (C=O) groups is 1. The van der Waals surface area contributed by atoms with Gasteiger partial charge in [0.15, 0.2) is 0 Å². The van der Waals surface area contributed by atoms with E-state index in [1.807, 2.05) is 0 Å². The molecular formula is C4H8N4O2. The van der Waals surface area contributed by atoms with Crippen LogP contribution in [0.25, 0.3) is 10.4 Å². The SMILES string of the molecule is CN(CN=[N+]=[N-])CC(=O)O. The topological polar surface area (TPSA) is 89.3 Å². The van der Waals surface area contributed by atoms with Crippen LogP contribution in [0.3, 0.4) is 0 Å². The molecule has 0 aliphatic rings. The smallest absolute Gasteiger partial charge is 0.317 e. The molecule has 56 valence electrons. The molecule has 0 heterocycles. The average molecular weight is 144 g/mol. The Balaban J connectivity index is 3.52. The summed E-state index contributed by atoms with van der Waals surface area (Å²) in [6.45, 7) is -0.0260. The van der Waals surface area contributed by atoms with Gasteiger partial charge in [0.2, 0.25) is 0 Å². The van der Waals surface area contributed by atoms with Gasteiger partial charge in [-0.15, -0.1) is 0 Å². The van der Waals surface area contributed by atoms with Crippen LogP contribution in [0.15, 0.2) is 5.11 Å². The second kappa shape index (κ2) is 4.60. The van der Waals surface area contributed by atoms with Gasteiger partial charge >= 0.3 is 5.97 Å². The van der Waals surface area contributed by atoms with Gasteiger partial charge in [0.25, 0.3) is 0 Å². The highest BCUT2D eigenvalue weighted by atomic mass is 16.4. The van der Waals surface area contributed by atoms with Crippen LogP contribution in [0.2, 0.25) is 0 Å². The first kappa shape index (κ1) is 8.74. The van der Waals surface area contributed by atoms with Gasteiger partial charge in [0, 0.05) is 4.91 Å². The van der Waals surface area contributed by atoms with E-state index in [-0.39, 0.29) is 13.2 Å². The Kier molecular flexibility index (Phi) is 4.02. The number of hydrogen-bond acceptors (Lipinski definition) is 3. The maximum atomic E-state index is 10.00. The third-order valence-corrected chi connectivity index (χ3v) is 0.773. The molecule has 0 bridgehead atoms. The third kappa shape index (κ3) is 4.89. The molecule has 10 heavy (non-hydrogen) atoms. The van der Waals surface area contributed by atoms with Crippen LogP contribution in [-0.4, -0.2) is 36.2 Å². The molecule has 6 heteroatoms. The van der Waals surface area contributed by atoms with Crippen LogP contribution in [0.4, 0.5) is 0 Å². The quantitative estimate of drug-likeness (QED) is 0.349. The maximum absolute atomic E-state index is 10.00. The van der Waals surface area contributed by atoms with Crippen LogP contribution >= 0.6 is 0 Å². The van der Waals surface area contributed by atoms with Crippen LogP contribution in [0.1, 0.15) is 0 Å². The van der Waals surface area contributed by atoms with E-state index in [2.05, 4.69) is 10.0 Å². The van der Waals surface area contributed by atoms with Crippen molar-refractivity contribution in [1.82, 2.24) is 4.90 Å². The number of nitrogens with zero attached hydrogens (tertiary/aromatic N) is 4. The summed E-state index contributed by atoms with van der Waals surface area (Å²) in [5, 5.41) is 11.4. The van der Waals surface area contributed by atoms with Crippen molar-refractivity contribution in [1.29, 1.82) is 0 Å². The van der Waals surface area contributed by atoms with Gasteiger partial charge in [-0.1, -0.05) is 5.11 Å². The lowest BCUT2D eigenvalue weighted by molar-refractivity contribution is -0.137. The Hall–Kier alpha value is -1.26. The maximum Gasteiger partial charge on any atom is 0.317 e. The minimum absolute atomic E-state index is 0.0861. The number of rotatable bonds is 4. The highest BCUT2D eigenvalue weighted by molar-refractivity contribution is 5.68. The number of carboxylic acid groups (broad SMARTS) is 1. The Bertz CT molecular complexity index is 159. The number of likely N-dealkylation sites (N-methyl/N-ethyl adjacent to an activating group) is 1. The summed E-state index contributed by atoms with van der Waals surface area (Å²) in [7, 11) is 1.56. The summed E-state index contributed by atoms with van der Waals surface area (Å²) in [5.74, 6) is -0.935. The molecule has 1 N–H and O–H groups in total. The summed E-state index contributed by atoms with van der Waals surface area (Å²) < 4.78 is 0. The van der Waals surface area contributed by atoms with Gasteiger partial charge in [-0.3, -0.25) is 9.69 Å². The van der Waals surface area contributed by atoms with E-state index in [1.54, 1.807) is 7.05 Å². The van der Waals surface area contributed by atoms with Crippen molar-refractivity contribution >= 4 is 5.97 Å². The van der Waals surface area contributed by atoms with Crippen LogP contribution in [0.5, 0.6) is 0 Å². The molecule has 0 saturated heterocycles. The number of carboxylic acids is 1. The zero-order valence-corrected chi connectivity index (χ0v) is 5.56. The molecule has 0 fully saturated rings. The Morgan fingerprint density at radius 2 is 2.50 bits per heavy atom. The van der Waals surface area contributed by atoms with Gasteiger partial charge in [-0.05, 0) is 12.6 Å². The Morgan fingerprint density at radius 3 is 2.90 bits per heavy atom. The first-order valence-electron chi connectivity index (χ1n) is 2.58. The lowest BCUT2D eigenvalue weighted by Gasteiger charge is -2.07. The van der Waals surface area contributed by atoms with Gasteiger partial charge in [-0.2, -0.15) is 0 Å². The Labute approximate surface area is 57.7 Å². The summed E-state index contributed by atoms with van der Waals surface area (Å²) in [4.78, 5) is 13.9. The second-order valence-electron chi connectivity index (χ2n) is 1.78. The van der Waals surface area contributed by atoms with Crippen molar-refractivity contribution in [3.8, 4) is 0 Å². The van der Waals surface area contributed by atoms with Crippen LogP contribution in [-0.2, 0) is 4.79 Å². The molecule has 0 radical (unpaired) electrons. The molecule has 0 unspecified atom stereocenters. The van der Waals surface area contributed by atoms with Gasteiger partial charge in [-0.25, -0.2) is 0 Å². The van der Waals surface area contributed by atoms with Crippen molar-refractivity contribution in [2.45, 2.75) is 0 Å². The highest BCUT2D eigenvalue weighted by Crippen LogP contribution is 1.81. The van der Waals surface area contributed by atoms with E-state index in [9.17, 15) is 4.79 Å². The standard InChI is InChI=1S/C4H8N4O2/c1-8(2-4(9)10)3-6-7-5/h2-3H2,1H3,(H,9,10). The summed E-state index contributed by atoms with van der Waals surface area (Å²) in [6, 6.07) is 0. The fourth-order valence-electron chi connectivity index (χ4n) is 0.417. The van der Waals surface area contributed by atoms with Crippen molar-refractivity contribution in [2.75, 3.05) is 20.3 Å². The minimum Gasteiger partial charge on any atom is -0.480 e. The molecular weight excluding hydrogens is 136 g/mol. The molecule has 0 aromatic carbocycles. The van der Waals surface area contributed by atoms with E-state index in [0.717, 1.165) is 0 Å². The predicted octanol–water partition coefficient (Wildman–Crippen LogP) is 0.271. The molecule has 0 aromatic heterocycles. The van der Waals surface area contributed by atoms with E-state index in [1.165, 1.54) is 4.90 Å².